The van der Waals surface area contributed by atoms with Crippen LogP contribution in [-0.4, -0.2) is 11.0 Å². The SMILES string of the molecule is Cc1cc(C#N)cc(C)c1Oc1cc(Nc2ccc(C#N)cc2)nc(NC2CC2)c1. The first-order chi connectivity index (χ1) is 14.5. The van der Waals surface area contributed by atoms with E-state index in [-0.39, 0.29) is 0 Å². The van der Waals surface area contributed by atoms with Crippen molar-refractivity contribution in [3.8, 4) is 23.6 Å². The van der Waals surface area contributed by atoms with Gasteiger partial charge in [0, 0.05) is 23.9 Å². The van der Waals surface area contributed by atoms with Gasteiger partial charge in [0.25, 0.3) is 0 Å². The van der Waals surface area contributed by atoms with Crippen LogP contribution in [0.5, 0.6) is 11.5 Å². The molecule has 2 aromatic carbocycles. The Labute approximate surface area is 175 Å². The molecule has 0 aliphatic heterocycles. The van der Waals surface area contributed by atoms with E-state index in [1.807, 2.05) is 50.2 Å². The molecule has 1 aliphatic rings. The lowest BCUT2D eigenvalue weighted by Gasteiger charge is -2.15. The lowest BCUT2D eigenvalue weighted by Crippen LogP contribution is -2.05. The molecule has 148 valence electrons. The van der Waals surface area contributed by atoms with Gasteiger partial charge in [0.05, 0.1) is 23.3 Å². The summed E-state index contributed by atoms with van der Waals surface area (Å²) in [6.07, 6.45) is 2.28. The fourth-order valence-corrected chi connectivity index (χ4v) is 3.21. The molecule has 1 fully saturated rings. The minimum absolute atomic E-state index is 0.453. The minimum Gasteiger partial charge on any atom is -0.457 e. The smallest absolute Gasteiger partial charge is 0.136 e. The predicted molar refractivity (Wildman–Crippen MR) is 116 cm³/mol. The quantitative estimate of drug-likeness (QED) is 0.568. The zero-order valence-corrected chi connectivity index (χ0v) is 16.9. The summed E-state index contributed by atoms with van der Waals surface area (Å²) < 4.78 is 6.22. The molecule has 1 saturated carbocycles. The van der Waals surface area contributed by atoms with Gasteiger partial charge in [0.15, 0.2) is 0 Å². The summed E-state index contributed by atoms with van der Waals surface area (Å²) in [5, 5.41) is 24.8. The van der Waals surface area contributed by atoms with E-state index < -0.39 is 0 Å². The molecule has 3 aromatic rings. The predicted octanol–water partition coefficient (Wildman–Crippen LogP) is 5.55. The normalized spacial score (nSPS) is 12.5. The molecule has 0 spiro atoms. The van der Waals surface area contributed by atoms with E-state index in [0.717, 1.165) is 41.2 Å². The molecule has 30 heavy (non-hydrogen) atoms. The molecule has 0 radical (unpaired) electrons. The summed E-state index contributed by atoms with van der Waals surface area (Å²) >= 11 is 0. The van der Waals surface area contributed by atoms with Crippen LogP contribution in [0.4, 0.5) is 17.3 Å². The van der Waals surface area contributed by atoms with Crippen molar-refractivity contribution in [1.82, 2.24) is 4.98 Å². The molecular weight excluding hydrogens is 374 g/mol. The van der Waals surface area contributed by atoms with E-state index in [2.05, 4.69) is 27.8 Å². The number of benzene rings is 2. The third kappa shape index (κ3) is 4.51. The molecule has 4 rings (SSSR count). The number of nitrogens with zero attached hydrogens (tertiary/aromatic N) is 3. The molecule has 1 heterocycles. The molecule has 0 bridgehead atoms. The van der Waals surface area contributed by atoms with Crippen LogP contribution in [0.15, 0.2) is 48.5 Å². The van der Waals surface area contributed by atoms with Crippen LogP contribution in [0, 0.1) is 36.5 Å². The number of hydrogen-bond donors (Lipinski definition) is 2. The maximum Gasteiger partial charge on any atom is 0.136 e. The van der Waals surface area contributed by atoms with Gasteiger partial charge in [0.2, 0.25) is 0 Å². The Hall–Kier alpha value is -4.03. The Kier molecular flexibility index (Phi) is 5.24. The summed E-state index contributed by atoms with van der Waals surface area (Å²) in [4.78, 5) is 4.66. The third-order valence-corrected chi connectivity index (χ3v) is 4.82. The Morgan fingerprint density at radius 3 is 2.13 bits per heavy atom. The lowest BCUT2D eigenvalue weighted by atomic mass is 10.1. The molecule has 6 nitrogen and oxygen atoms in total. The van der Waals surface area contributed by atoms with Crippen molar-refractivity contribution in [3.05, 3.63) is 70.8 Å². The molecule has 0 unspecified atom stereocenters. The van der Waals surface area contributed by atoms with Gasteiger partial charge in [-0.15, -0.1) is 0 Å². The van der Waals surface area contributed by atoms with Crippen molar-refractivity contribution in [2.75, 3.05) is 10.6 Å². The molecule has 2 N–H and O–H groups in total. The van der Waals surface area contributed by atoms with Crippen molar-refractivity contribution >= 4 is 17.3 Å². The Balaban J connectivity index is 1.64. The second kappa shape index (κ2) is 8.14. The zero-order chi connectivity index (χ0) is 21.1. The van der Waals surface area contributed by atoms with Gasteiger partial charge in [-0.05, 0) is 74.2 Å². The van der Waals surface area contributed by atoms with Gasteiger partial charge >= 0.3 is 0 Å². The van der Waals surface area contributed by atoms with E-state index in [1.54, 1.807) is 12.1 Å². The Morgan fingerprint density at radius 2 is 1.53 bits per heavy atom. The van der Waals surface area contributed by atoms with Crippen molar-refractivity contribution < 1.29 is 4.74 Å². The second-order valence-corrected chi connectivity index (χ2v) is 7.46. The summed E-state index contributed by atoms with van der Waals surface area (Å²) in [7, 11) is 0. The van der Waals surface area contributed by atoms with E-state index in [9.17, 15) is 0 Å². The standard InChI is InChI=1S/C24H21N5O/c1-15-9-18(14-26)10-16(2)24(15)30-21-11-22(29-23(12-21)28-20-7-8-20)27-19-5-3-17(13-25)4-6-19/h3-6,9-12,20H,7-8H2,1-2H3,(H2,27,28,29). The summed E-state index contributed by atoms with van der Waals surface area (Å²) in [6, 6.07) is 19.3. The number of hydrogen-bond acceptors (Lipinski definition) is 6. The van der Waals surface area contributed by atoms with E-state index >= 15 is 0 Å². The Morgan fingerprint density at radius 1 is 0.900 bits per heavy atom. The zero-order valence-electron chi connectivity index (χ0n) is 16.9. The van der Waals surface area contributed by atoms with Crippen molar-refractivity contribution in [1.29, 1.82) is 10.5 Å². The summed E-state index contributed by atoms with van der Waals surface area (Å²) in [5.74, 6) is 2.78. The van der Waals surface area contributed by atoms with Crippen LogP contribution in [0.3, 0.4) is 0 Å². The topological polar surface area (TPSA) is 93.8 Å². The molecule has 0 atom stereocenters. The van der Waals surface area contributed by atoms with E-state index in [0.29, 0.717) is 28.7 Å². The highest BCUT2D eigenvalue weighted by Crippen LogP contribution is 2.34. The first-order valence-electron chi connectivity index (χ1n) is 9.79. The fourth-order valence-electron chi connectivity index (χ4n) is 3.21. The van der Waals surface area contributed by atoms with Crippen LogP contribution in [0.1, 0.15) is 35.1 Å². The number of ether oxygens (including phenoxy) is 1. The highest BCUT2D eigenvalue weighted by atomic mass is 16.5. The highest BCUT2D eigenvalue weighted by Gasteiger charge is 2.22. The van der Waals surface area contributed by atoms with Crippen LogP contribution in [0.2, 0.25) is 0 Å². The lowest BCUT2D eigenvalue weighted by molar-refractivity contribution is 0.475. The van der Waals surface area contributed by atoms with Gasteiger partial charge in [-0.2, -0.15) is 10.5 Å². The molecule has 1 aliphatic carbocycles. The largest absolute Gasteiger partial charge is 0.457 e. The maximum atomic E-state index is 9.17. The monoisotopic (exact) mass is 395 g/mol. The van der Waals surface area contributed by atoms with Gasteiger partial charge < -0.3 is 15.4 Å². The van der Waals surface area contributed by atoms with Crippen LogP contribution < -0.4 is 15.4 Å². The second-order valence-electron chi connectivity index (χ2n) is 7.46. The number of anilines is 3. The Bertz CT molecular complexity index is 1140. The molecular formula is C24H21N5O. The van der Waals surface area contributed by atoms with E-state index in [1.165, 1.54) is 0 Å². The van der Waals surface area contributed by atoms with Crippen LogP contribution >= 0.6 is 0 Å². The van der Waals surface area contributed by atoms with Gasteiger partial charge in [-0.3, -0.25) is 0 Å². The summed E-state index contributed by atoms with van der Waals surface area (Å²) in [6.45, 7) is 3.87. The van der Waals surface area contributed by atoms with Crippen LogP contribution in [0.25, 0.3) is 0 Å². The first kappa shape index (κ1) is 19.3. The number of rotatable bonds is 6. The van der Waals surface area contributed by atoms with Crippen molar-refractivity contribution in [3.63, 3.8) is 0 Å². The molecule has 1 aromatic heterocycles. The summed E-state index contributed by atoms with van der Waals surface area (Å²) in [5.41, 5.74) is 3.87. The molecule has 6 heteroatoms. The number of nitrogens with one attached hydrogen (secondary N) is 2. The van der Waals surface area contributed by atoms with Crippen LogP contribution in [-0.2, 0) is 0 Å². The number of aryl methyl sites for hydroxylation is 2. The third-order valence-electron chi connectivity index (χ3n) is 4.82. The maximum absolute atomic E-state index is 9.17. The average Bonchev–Trinajstić information content (AvgIpc) is 3.55. The van der Waals surface area contributed by atoms with Crippen molar-refractivity contribution in [2.45, 2.75) is 32.7 Å². The highest BCUT2D eigenvalue weighted by molar-refractivity contribution is 5.62. The van der Waals surface area contributed by atoms with Gasteiger partial charge in [-0.25, -0.2) is 4.98 Å². The minimum atomic E-state index is 0.453. The number of nitriles is 2. The first-order valence-corrected chi connectivity index (χ1v) is 9.79. The number of pyridine rings is 1. The average molecular weight is 395 g/mol. The van der Waals surface area contributed by atoms with Crippen molar-refractivity contribution in [2.24, 2.45) is 0 Å². The van der Waals surface area contributed by atoms with Gasteiger partial charge in [-0.1, -0.05) is 0 Å². The molecule has 0 saturated heterocycles. The number of aromatic nitrogens is 1. The molecule has 0 amide bonds. The van der Waals surface area contributed by atoms with E-state index in [4.69, 9.17) is 15.3 Å². The fraction of sp³-hybridized carbons (Fsp3) is 0.208. The van der Waals surface area contributed by atoms with Gasteiger partial charge in [0.1, 0.15) is 23.1 Å².